The van der Waals surface area contributed by atoms with Gasteiger partial charge in [0, 0.05) is 19.0 Å². The van der Waals surface area contributed by atoms with Gasteiger partial charge >= 0.3 is 0 Å². The molecule has 2 aromatic rings. The van der Waals surface area contributed by atoms with Crippen LogP contribution in [-0.2, 0) is 4.79 Å². The highest BCUT2D eigenvalue weighted by molar-refractivity contribution is 7.19. The molecule has 3 amide bonds. The maximum atomic E-state index is 12.7. The lowest BCUT2D eigenvalue weighted by Crippen LogP contribution is -2.25. The van der Waals surface area contributed by atoms with E-state index in [2.05, 4.69) is 26.1 Å². The molecule has 5 N–H and O–H groups in total. The molecule has 10 nitrogen and oxygen atoms in total. The second kappa shape index (κ2) is 11.9. The van der Waals surface area contributed by atoms with Crippen molar-refractivity contribution in [3.63, 3.8) is 0 Å². The minimum Gasteiger partial charge on any atom is -0.352 e. The number of carbonyl (C=O) groups excluding carboxylic acids is 3. The molecule has 0 radical (unpaired) electrons. The van der Waals surface area contributed by atoms with Gasteiger partial charge in [0.2, 0.25) is 5.91 Å². The fourth-order valence-electron chi connectivity index (χ4n) is 2.79. The minimum absolute atomic E-state index is 0.155. The van der Waals surface area contributed by atoms with Crippen molar-refractivity contribution in [3.8, 4) is 0 Å². The van der Waals surface area contributed by atoms with Gasteiger partial charge < -0.3 is 16.4 Å². The van der Waals surface area contributed by atoms with Crippen molar-refractivity contribution >= 4 is 44.9 Å². The number of nitroso groups, excluding NO2 is 1. The lowest BCUT2D eigenvalue weighted by atomic mass is 10.1. The number of rotatable bonds is 11. The van der Waals surface area contributed by atoms with Gasteiger partial charge in [-0.1, -0.05) is 24.2 Å². The number of nitrogens with one attached hydrogen (secondary N) is 3. The highest BCUT2D eigenvalue weighted by atomic mass is 32.1. The van der Waals surface area contributed by atoms with Crippen molar-refractivity contribution in [1.82, 2.24) is 10.3 Å². The third-order valence-corrected chi connectivity index (χ3v) is 5.28. The molecule has 1 aromatic heterocycles. The predicted octanol–water partition coefficient (Wildman–Crippen LogP) is 3.31. The van der Waals surface area contributed by atoms with E-state index >= 15 is 0 Å². The van der Waals surface area contributed by atoms with Crippen LogP contribution in [0.1, 0.15) is 59.0 Å². The Balaban J connectivity index is 2.11. The Bertz CT molecular complexity index is 959. The van der Waals surface area contributed by atoms with E-state index in [0.29, 0.717) is 24.3 Å². The summed E-state index contributed by atoms with van der Waals surface area (Å²) in [7, 11) is 0. The molecule has 0 fully saturated rings. The smallest absolute Gasteiger partial charge is 0.259 e. The molecule has 1 heterocycles. The average Bonchev–Trinajstić information content (AvgIpc) is 3.08. The minimum atomic E-state index is -0.540. The summed E-state index contributed by atoms with van der Waals surface area (Å²) < 4.78 is 0. The number of benzene rings is 1. The standard InChI is InChI=1S/C20H26N6O4S/c1-12-19(26-30)31-20(23-12)25-18(29)15-8-7-14(11-16(15)24-13(2)27)17(28)22-10-6-4-3-5-9-21/h7-8,11H,3-6,9-10,21H2,1-2H3,(H,22,28)(H,24,27)(H,23,25,29). The van der Waals surface area contributed by atoms with Gasteiger partial charge in [0.25, 0.3) is 11.8 Å². The monoisotopic (exact) mass is 446 g/mol. The first-order chi connectivity index (χ1) is 14.8. The van der Waals surface area contributed by atoms with Gasteiger partial charge in [-0.05, 0) is 49.7 Å². The lowest BCUT2D eigenvalue weighted by molar-refractivity contribution is -0.114. The van der Waals surface area contributed by atoms with Crippen LogP contribution in [0.15, 0.2) is 23.4 Å². The molecule has 1 aromatic carbocycles. The number of hydrogen-bond acceptors (Lipinski definition) is 8. The lowest BCUT2D eigenvalue weighted by Gasteiger charge is -2.12. The van der Waals surface area contributed by atoms with Crippen LogP contribution in [0, 0.1) is 11.8 Å². The molecule has 0 unspecified atom stereocenters. The highest BCUT2D eigenvalue weighted by Crippen LogP contribution is 2.31. The van der Waals surface area contributed by atoms with Crippen LogP contribution in [0.3, 0.4) is 0 Å². The summed E-state index contributed by atoms with van der Waals surface area (Å²) in [6.07, 6.45) is 3.80. The largest absolute Gasteiger partial charge is 0.352 e. The Morgan fingerprint density at radius 1 is 1.10 bits per heavy atom. The summed E-state index contributed by atoms with van der Waals surface area (Å²) in [5.41, 5.74) is 6.54. The number of nitrogens with two attached hydrogens (primary N) is 1. The van der Waals surface area contributed by atoms with Crippen molar-refractivity contribution in [2.75, 3.05) is 23.7 Å². The van der Waals surface area contributed by atoms with E-state index in [0.717, 1.165) is 37.0 Å². The number of hydrogen-bond donors (Lipinski definition) is 4. The second-order valence-electron chi connectivity index (χ2n) is 6.86. The first kappa shape index (κ1) is 24.1. The fraction of sp³-hybridized carbons (Fsp3) is 0.400. The number of aromatic nitrogens is 1. The molecule has 0 atom stereocenters. The molecular weight excluding hydrogens is 420 g/mol. The number of thiazole rings is 1. The zero-order chi connectivity index (χ0) is 22.8. The van der Waals surface area contributed by atoms with E-state index in [-0.39, 0.29) is 33.2 Å². The summed E-state index contributed by atoms with van der Waals surface area (Å²) in [6.45, 7) is 4.10. The van der Waals surface area contributed by atoms with Gasteiger partial charge in [0.05, 0.1) is 16.9 Å². The molecule has 11 heteroatoms. The first-order valence-electron chi connectivity index (χ1n) is 9.87. The van der Waals surface area contributed by atoms with Crippen LogP contribution in [0.25, 0.3) is 0 Å². The maximum absolute atomic E-state index is 12.7. The van der Waals surface area contributed by atoms with Crippen molar-refractivity contribution < 1.29 is 14.4 Å². The van der Waals surface area contributed by atoms with Gasteiger partial charge in [-0.2, -0.15) is 0 Å². The molecule has 166 valence electrons. The van der Waals surface area contributed by atoms with E-state index in [9.17, 15) is 19.3 Å². The summed E-state index contributed by atoms with van der Waals surface area (Å²) in [5.74, 6) is -1.22. The molecular formula is C20H26N6O4S. The normalized spacial score (nSPS) is 10.4. The molecule has 0 aliphatic carbocycles. The van der Waals surface area contributed by atoms with Crippen LogP contribution < -0.4 is 21.7 Å². The van der Waals surface area contributed by atoms with E-state index in [1.54, 1.807) is 6.92 Å². The second-order valence-corrected chi connectivity index (χ2v) is 7.83. The number of aryl methyl sites for hydroxylation is 1. The Labute approximate surface area is 184 Å². The number of carbonyl (C=O) groups is 3. The zero-order valence-corrected chi connectivity index (χ0v) is 18.3. The summed E-state index contributed by atoms with van der Waals surface area (Å²) >= 11 is 0.946. The zero-order valence-electron chi connectivity index (χ0n) is 17.5. The van der Waals surface area contributed by atoms with E-state index in [4.69, 9.17) is 5.73 Å². The molecule has 31 heavy (non-hydrogen) atoms. The van der Waals surface area contributed by atoms with Gasteiger partial charge in [-0.25, -0.2) is 4.98 Å². The van der Waals surface area contributed by atoms with Crippen LogP contribution in [0.5, 0.6) is 0 Å². The summed E-state index contributed by atoms with van der Waals surface area (Å²) in [5, 5.41) is 11.2. The van der Waals surface area contributed by atoms with Crippen molar-refractivity contribution in [1.29, 1.82) is 0 Å². The summed E-state index contributed by atoms with van der Waals surface area (Å²) in [4.78, 5) is 51.5. The molecule has 0 spiro atoms. The number of nitrogens with zero attached hydrogens (tertiary/aromatic N) is 2. The molecule has 0 aliphatic rings. The quantitative estimate of drug-likeness (QED) is 0.306. The summed E-state index contributed by atoms with van der Waals surface area (Å²) in [6, 6.07) is 4.41. The Morgan fingerprint density at radius 3 is 2.48 bits per heavy atom. The van der Waals surface area contributed by atoms with E-state index in [1.807, 2.05) is 0 Å². The molecule has 2 rings (SSSR count). The van der Waals surface area contributed by atoms with Crippen LogP contribution in [0.2, 0.25) is 0 Å². The van der Waals surface area contributed by atoms with E-state index in [1.165, 1.54) is 25.1 Å². The van der Waals surface area contributed by atoms with E-state index < -0.39 is 5.91 Å². The first-order valence-corrected chi connectivity index (χ1v) is 10.7. The van der Waals surface area contributed by atoms with Crippen molar-refractivity contribution in [2.45, 2.75) is 39.5 Å². The molecule has 0 aliphatic heterocycles. The van der Waals surface area contributed by atoms with Gasteiger partial charge in [0.15, 0.2) is 10.1 Å². The molecule has 0 saturated carbocycles. The SMILES string of the molecule is CC(=O)Nc1cc(C(=O)NCCCCCCN)ccc1C(=O)Nc1nc(C)c(N=O)s1. The number of unbranched alkanes of at least 4 members (excludes halogenated alkanes) is 3. The molecule has 0 bridgehead atoms. The average molecular weight is 447 g/mol. The van der Waals surface area contributed by atoms with Crippen LogP contribution in [0.4, 0.5) is 15.8 Å². The predicted molar refractivity (Wildman–Crippen MR) is 121 cm³/mol. The number of anilines is 2. The van der Waals surface area contributed by atoms with Gasteiger partial charge in [0.1, 0.15) is 0 Å². The maximum Gasteiger partial charge on any atom is 0.259 e. The topological polar surface area (TPSA) is 156 Å². The van der Waals surface area contributed by atoms with Gasteiger partial charge in [-0.15, -0.1) is 4.91 Å². The molecule has 0 saturated heterocycles. The Kier molecular flexibility index (Phi) is 9.22. The Hall–Kier alpha value is -3.18. The van der Waals surface area contributed by atoms with Crippen LogP contribution in [-0.4, -0.2) is 35.8 Å². The third kappa shape index (κ3) is 7.23. The number of amides is 3. The Morgan fingerprint density at radius 2 is 1.84 bits per heavy atom. The van der Waals surface area contributed by atoms with Crippen molar-refractivity contribution in [2.24, 2.45) is 10.9 Å². The highest BCUT2D eigenvalue weighted by Gasteiger charge is 2.18. The fourth-order valence-corrected chi connectivity index (χ4v) is 3.53. The van der Waals surface area contributed by atoms with Crippen molar-refractivity contribution in [3.05, 3.63) is 39.9 Å². The van der Waals surface area contributed by atoms with Gasteiger partial charge in [-0.3, -0.25) is 19.7 Å². The van der Waals surface area contributed by atoms with Crippen LogP contribution >= 0.6 is 11.3 Å². The third-order valence-electron chi connectivity index (χ3n) is 4.33.